The molecule has 0 amide bonds. The van der Waals surface area contributed by atoms with E-state index >= 15 is 0 Å². The molecule has 1 aliphatic heterocycles. The van der Waals surface area contributed by atoms with Crippen LogP contribution >= 0.6 is 0 Å². The summed E-state index contributed by atoms with van der Waals surface area (Å²) >= 11 is 0. The summed E-state index contributed by atoms with van der Waals surface area (Å²) in [4.78, 5) is 0. The number of hydrogen-bond donors (Lipinski definition) is 1. The molecule has 1 aromatic rings. The number of hydrogen-bond acceptors (Lipinski definition) is 3. The summed E-state index contributed by atoms with van der Waals surface area (Å²) in [6.07, 6.45) is 4.92. The second kappa shape index (κ2) is 3.15. The molecule has 0 radical (unpaired) electrons. The Morgan fingerprint density at radius 1 is 1.75 bits per heavy atom. The third-order valence-electron chi connectivity index (χ3n) is 2.17. The monoisotopic (exact) mass is 167 g/mol. The van der Waals surface area contributed by atoms with Gasteiger partial charge in [0.25, 0.3) is 0 Å². The van der Waals surface area contributed by atoms with Gasteiger partial charge in [-0.3, -0.25) is 4.68 Å². The van der Waals surface area contributed by atoms with E-state index in [1.165, 1.54) is 0 Å². The quantitative estimate of drug-likeness (QED) is 0.710. The van der Waals surface area contributed by atoms with Crippen molar-refractivity contribution in [1.82, 2.24) is 9.78 Å². The van der Waals surface area contributed by atoms with Crippen molar-refractivity contribution >= 4 is 5.69 Å². The van der Waals surface area contributed by atoms with Crippen LogP contribution in [-0.4, -0.2) is 30.0 Å². The maximum Gasteiger partial charge on any atom is 0.0775 e. The molecule has 0 bridgehead atoms. The highest BCUT2D eigenvalue weighted by atomic mass is 16.5. The minimum Gasteiger partial charge on any atom is -0.386 e. The molecule has 1 aromatic heterocycles. The number of nitrogens with zero attached hydrogens (tertiary/aromatic N) is 2. The minimum absolute atomic E-state index is 0.437. The van der Waals surface area contributed by atoms with E-state index in [2.05, 4.69) is 10.4 Å². The van der Waals surface area contributed by atoms with Gasteiger partial charge in [-0.05, 0) is 6.42 Å². The SMILES string of the molecule is CNc1cnn(C2CCOC2)c1. The standard InChI is InChI=1S/C8H13N3O/c1-9-7-4-10-11(5-7)8-2-3-12-6-8/h4-5,8-9H,2-3,6H2,1H3. The maximum absolute atomic E-state index is 5.27. The lowest BCUT2D eigenvalue weighted by atomic mass is 10.3. The molecule has 1 aliphatic rings. The van der Waals surface area contributed by atoms with Crippen LogP contribution in [0.4, 0.5) is 5.69 Å². The van der Waals surface area contributed by atoms with Crippen molar-refractivity contribution in [3.63, 3.8) is 0 Å². The highest BCUT2D eigenvalue weighted by molar-refractivity contribution is 5.36. The van der Waals surface area contributed by atoms with Crippen LogP contribution in [-0.2, 0) is 4.74 Å². The van der Waals surface area contributed by atoms with Crippen molar-refractivity contribution in [2.75, 3.05) is 25.6 Å². The fraction of sp³-hybridized carbons (Fsp3) is 0.625. The van der Waals surface area contributed by atoms with Crippen molar-refractivity contribution in [1.29, 1.82) is 0 Å². The van der Waals surface area contributed by atoms with Gasteiger partial charge in [-0.2, -0.15) is 5.10 Å². The normalized spacial score (nSPS) is 22.9. The first-order valence-corrected chi connectivity index (χ1v) is 4.20. The van der Waals surface area contributed by atoms with E-state index in [-0.39, 0.29) is 0 Å². The lowest BCUT2D eigenvalue weighted by molar-refractivity contribution is 0.184. The molecule has 1 unspecified atom stereocenters. The van der Waals surface area contributed by atoms with Crippen LogP contribution in [0, 0.1) is 0 Å². The molecule has 2 rings (SSSR count). The molecule has 4 heteroatoms. The van der Waals surface area contributed by atoms with Crippen molar-refractivity contribution in [3.8, 4) is 0 Å². The number of anilines is 1. The lowest BCUT2D eigenvalue weighted by Gasteiger charge is -2.06. The van der Waals surface area contributed by atoms with Crippen LogP contribution in [0.25, 0.3) is 0 Å². The first-order valence-electron chi connectivity index (χ1n) is 4.20. The van der Waals surface area contributed by atoms with E-state index in [4.69, 9.17) is 4.74 Å². The van der Waals surface area contributed by atoms with Gasteiger partial charge >= 0.3 is 0 Å². The van der Waals surface area contributed by atoms with Crippen LogP contribution in [0.3, 0.4) is 0 Å². The predicted octanol–water partition coefficient (Wildman–Crippen LogP) is 0.886. The fourth-order valence-corrected chi connectivity index (χ4v) is 1.40. The van der Waals surface area contributed by atoms with E-state index in [0.29, 0.717) is 6.04 Å². The average Bonchev–Trinajstić information content (AvgIpc) is 2.75. The lowest BCUT2D eigenvalue weighted by Crippen LogP contribution is -2.08. The summed E-state index contributed by atoms with van der Waals surface area (Å²) in [5.74, 6) is 0. The molecule has 1 fully saturated rings. The van der Waals surface area contributed by atoms with Gasteiger partial charge in [-0.25, -0.2) is 0 Å². The highest BCUT2D eigenvalue weighted by Gasteiger charge is 2.17. The fourth-order valence-electron chi connectivity index (χ4n) is 1.40. The molecule has 0 saturated carbocycles. The third kappa shape index (κ3) is 1.30. The molecule has 0 aromatic carbocycles. The van der Waals surface area contributed by atoms with Gasteiger partial charge in [0.05, 0.1) is 24.5 Å². The van der Waals surface area contributed by atoms with E-state index in [1.807, 2.05) is 24.1 Å². The van der Waals surface area contributed by atoms with Crippen LogP contribution in [0.15, 0.2) is 12.4 Å². The topological polar surface area (TPSA) is 39.1 Å². The van der Waals surface area contributed by atoms with Crippen LogP contribution in [0.2, 0.25) is 0 Å². The molecule has 1 atom stereocenters. The second-order valence-corrected chi connectivity index (χ2v) is 2.98. The molecule has 1 saturated heterocycles. The molecule has 1 N–H and O–H groups in total. The summed E-state index contributed by atoms with van der Waals surface area (Å²) < 4.78 is 7.24. The number of nitrogens with one attached hydrogen (secondary N) is 1. The summed E-state index contributed by atoms with van der Waals surface area (Å²) in [6, 6.07) is 0.437. The Morgan fingerprint density at radius 3 is 3.25 bits per heavy atom. The molecule has 0 aliphatic carbocycles. The number of aromatic nitrogens is 2. The van der Waals surface area contributed by atoms with Gasteiger partial charge in [-0.15, -0.1) is 0 Å². The Morgan fingerprint density at radius 2 is 2.67 bits per heavy atom. The van der Waals surface area contributed by atoms with E-state index in [0.717, 1.165) is 25.3 Å². The van der Waals surface area contributed by atoms with Crippen LogP contribution in [0.1, 0.15) is 12.5 Å². The summed E-state index contributed by atoms with van der Waals surface area (Å²) in [5, 5.41) is 7.29. The molecule has 12 heavy (non-hydrogen) atoms. The van der Waals surface area contributed by atoms with Gasteiger partial charge < -0.3 is 10.1 Å². The van der Waals surface area contributed by atoms with Crippen molar-refractivity contribution in [3.05, 3.63) is 12.4 Å². The average molecular weight is 167 g/mol. The van der Waals surface area contributed by atoms with Gasteiger partial charge in [0.2, 0.25) is 0 Å². The van der Waals surface area contributed by atoms with E-state index in [9.17, 15) is 0 Å². The minimum atomic E-state index is 0.437. The first kappa shape index (κ1) is 7.61. The van der Waals surface area contributed by atoms with Gasteiger partial charge in [0.1, 0.15) is 0 Å². The molecule has 0 spiro atoms. The molecule has 66 valence electrons. The maximum atomic E-state index is 5.27. The summed E-state index contributed by atoms with van der Waals surface area (Å²) in [6.45, 7) is 1.66. The first-order chi connectivity index (χ1) is 5.90. The molecular formula is C8H13N3O. The van der Waals surface area contributed by atoms with Crippen molar-refractivity contribution in [2.24, 2.45) is 0 Å². The molecule has 4 nitrogen and oxygen atoms in total. The second-order valence-electron chi connectivity index (χ2n) is 2.98. The van der Waals surface area contributed by atoms with E-state index < -0.39 is 0 Å². The Balaban J connectivity index is 2.11. The van der Waals surface area contributed by atoms with Crippen molar-refractivity contribution < 1.29 is 4.74 Å². The number of rotatable bonds is 2. The summed E-state index contributed by atoms with van der Waals surface area (Å²) in [5.41, 5.74) is 1.06. The molecular weight excluding hydrogens is 154 g/mol. The van der Waals surface area contributed by atoms with Gasteiger partial charge in [0.15, 0.2) is 0 Å². The van der Waals surface area contributed by atoms with Crippen LogP contribution in [0.5, 0.6) is 0 Å². The largest absolute Gasteiger partial charge is 0.386 e. The van der Waals surface area contributed by atoms with Gasteiger partial charge in [-0.1, -0.05) is 0 Å². The zero-order valence-corrected chi connectivity index (χ0v) is 7.16. The Bertz CT molecular complexity index is 253. The Kier molecular flexibility index (Phi) is 1.99. The van der Waals surface area contributed by atoms with Gasteiger partial charge in [0, 0.05) is 19.9 Å². The number of ether oxygens (including phenoxy) is 1. The van der Waals surface area contributed by atoms with Crippen LogP contribution < -0.4 is 5.32 Å². The highest BCUT2D eigenvalue weighted by Crippen LogP contribution is 2.19. The zero-order chi connectivity index (χ0) is 8.39. The Labute approximate surface area is 71.5 Å². The Hall–Kier alpha value is -1.03. The predicted molar refractivity (Wildman–Crippen MR) is 46.2 cm³/mol. The molecule has 2 heterocycles. The van der Waals surface area contributed by atoms with Crippen molar-refractivity contribution in [2.45, 2.75) is 12.5 Å². The third-order valence-corrected chi connectivity index (χ3v) is 2.17. The van der Waals surface area contributed by atoms with E-state index in [1.54, 1.807) is 0 Å². The smallest absolute Gasteiger partial charge is 0.0775 e. The zero-order valence-electron chi connectivity index (χ0n) is 7.16. The summed E-state index contributed by atoms with van der Waals surface area (Å²) in [7, 11) is 1.90.